The molecule has 2 aromatic rings. The van der Waals surface area contributed by atoms with Crippen molar-refractivity contribution in [3.05, 3.63) is 63.7 Å². The number of nitrogens with zero attached hydrogens (tertiary/aromatic N) is 2. The predicted molar refractivity (Wildman–Crippen MR) is 88.4 cm³/mol. The van der Waals surface area contributed by atoms with Gasteiger partial charge >= 0.3 is 0 Å². The molecule has 0 unspecified atom stereocenters. The molecule has 0 spiro atoms. The molecule has 2 aromatic carbocycles. The van der Waals surface area contributed by atoms with Crippen molar-refractivity contribution < 1.29 is 19.2 Å². The lowest BCUT2D eigenvalue weighted by Crippen LogP contribution is -2.26. The van der Waals surface area contributed by atoms with E-state index in [2.05, 4.69) is 0 Å². The highest BCUT2D eigenvalue weighted by atomic mass is 16.6. The number of carbonyl (C=O) groups is 1. The van der Waals surface area contributed by atoms with E-state index in [0.29, 0.717) is 18.0 Å². The molecule has 0 saturated heterocycles. The molecule has 0 aromatic heterocycles. The van der Waals surface area contributed by atoms with Crippen LogP contribution in [0.25, 0.3) is 0 Å². The molecule has 126 valence electrons. The van der Waals surface area contributed by atoms with Gasteiger partial charge in [-0.1, -0.05) is 6.07 Å². The fraction of sp³-hybridized carbons (Fsp3) is 0.235. The lowest BCUT2D eigenvalue weighted by atomic mass is 10.1. The van der Waals surface area contributed by atoms with Crippen molar-refractivity contribution in [3.63, 3.8) is 0 Å². The van der Waals surface area contributed by atoms with E-state index in [1.165, 1.54) is 23.1 Å². The average Bonchev–Trinajstić information content (AvgIpc) is 2.61. The van der Waals surface area contributed by atoms with Crippen LogP contribution in [0, 0.1) is 10.1 Å². The second-order valence-corrected chi connectivity index (χ2v) is 5.15. The monoisotopic (exact) mass is 330 g/mol. The molecule has 0 aliphatic carbocycles. The van der Waals surface area contributed by atoms with Crippen LogP contribution in [0.4, 0.5) is 5.69 Å². The van der Waals surface area contributed by atoms with E-state index in [1.807, 2.05) is 6.07 Å². The Bertz CT molecular complexity index is 760. The fourth-order valence-electron chi connectivity index (χ4n) is 2.28. The van der Waals surface area contributed by atoms with E-state index in [0.717, 1.165) is 5.56 Å². The molecule has 0 heterocycles. The first-order chi connectivity index (χ1) is 11.5. The molecule has 24 heavy (non-hydrogen) atoms. The number of benzene rings is 2. The second kappa shape index (κ2) is 7.45. The third-order valence-corrected chi connectivity index (χ3v) is 3.55. The second-order valence-electron chi connectivity index (χ2n) is 5.15. The summed E-state index contributed by atoms with van der Waals surface area (Å²) >= 11 is 0. The number of nitro benzene ring substituents is 1. The number of carbonyl (C=O) groups excluding carboxylic acids is 1. The summed E-state index contributed by atoms with van der Waals surface area (Å²) in [4.78, 5) is 24.3. The fourth-order valence-corrected chi connectivity index (χ4v) is 2.28. The Morgan fingerprint density at radius 2 is 1.92 bits per heavy atom. The van der Waals surface area contributed by atoms with Crippen LogP contribution < -0.4 is 9.47 Å². The number of nitro groups is 1. The Morgan fingerprint density at radius 3 is 2.54 bits per heavy atom. The van der Waals surface area contributed by atoms with E-state index < -0.39 is 4.92 Å². The van der Waals surface area contributed by atoms with Crippen molar-refractivity contribution in [1.82, 2.24) is 4.90 Å². The molecule has 1 amide bonds. The summed E-state index contributed by atoms with van der Waals surface area (Å²) in [5.41, 5.74) is 0.954. The SMILES string of the molecule is COc1ccc(CN(C)C(=O)c2cccc([N+](=O)[O-])c2)c(OC)c1. The Hall–Kier alpha value is -3.09. The first-order valence-corrected chi connectivity index (χ1v) is 7.17. The van der Waals surface area contributed by atoms with Gasteiger partial charge in [-0.25, -0.2) is 0 Å². The number of ether oxygens (including phenoxy) is 2. The maximum atomic E-state index is 12.5. The van der Waals surface area contributed by atoms with Gasteiger partial charge in [-0.3, -0.25) is 14.9 Å². The molecular formula is C17H18N2O5. The molecule has 0 bridgehead atoms. The number of methoxy groups -OCH3 is 2. The van der Waals surface area contributed by atoms with Gasteiger partial charge in [-0.2, -0.15) is 0 Å². The summed E-state index contributed by atoms with van der Waals surface area (Å²) in [6.45, 7) is 0.300. The molecule has 0 fully saturated rings. The summed E-state index contributed by atoms with van der Waals surface area (Å²) in [5.74, 6) is 0.952. The van der Waals surface area contributed by atoms with Gasteiger partial charge in [0.2, 0.25) is 0 Å². The Kier molecular flexibility index (Phi) is 5.36. The number of hydrogen-bond acceptors (Lipinski definition) is 5. The van der Waals surface area contributed by atoms with Gasteiger partial charge in [0.05, 0.1) is 19.1 Å². The van der Waals surface area contributed by atoms with Crippen molar-refractivity contribution in [3.8, 4) is 11.5 Å². The standard InChI is InChI=1S/C17H18N2O5/c1-18(11-13-7-8-15(23-2)10-16(13)24-3)17(20)12-5-4-6-14(9-12)19(21)22/h4-10H,11H2,1-3H3. The minimum Gasteiger partial charge on any atom is -0.497 e. The smallest absolute Gasteiger partial charge is 0.270 e. The first kappa shape index (κ1) is 17.3. The Morgan fingerprint density at radius 1 is 1.17 bits per heavy atom. The lowest BCUT2D eigenvalue weighted by molar-refractivity contribution is -0.384. The normalized spacial score (nSPS) is 10.1. The van der Waals surface area contributed by atoms with Crippen molar-refractivity contribution >= 4 is 11.6 Å². The van der Waals surface area contributed by atoms with E-state index in [-0.39, 0.29) is 17.2 Å². The summed E-state index contributed by atoms with van der Waals surface area (Å²) < 4.78 is 10.5. The molecule has 0 radical (unpaired) electrons. The van der Waals surface area contributed by atoms with Gasteiger partial charge in [0.15, 0.2) is 0 Å². The van der Waals surface area contributed by atoms with Crippen LogP contribution in [0.15, 0.2) is 42.5 Å². The maximum Gasteiger partial charge on any atom is 0.270 e. The van der Waals surface area contributed by atoms with Gasteiger partial charge in [0, 0.05) is 42.9 Å². The molecule has 0 saturated carbocycles. The van der Waals surface area contributed by atoms with Crippen LogP contribution in [0.5, 0.6) is 11.5 Å². The van der Waals surface area contributed by atoms with Crippen LogP contribution in [-0.2, 0) is 6.54 Å². The van der Waals surface area contributed by atoms with Gasteiger partial charge in [-0.05, 0) is 18.2 Å². The van der Waals surface area contributed by atoms with Gasteiger partial charge < -0.3 is 14.4 Å². The highest BCUT2D eigenvalue weighted by Crippen LogP contribution is 2.26. The minimum atomic E-state index is -0.525. The zero-order chi connectivity index (χ0) is 17.7. The zero-order valence-corrected chi connectivity index (χ0v) is 13.7. The Balaban J connectivity index is 2.20. The van der Waals surface area contributed by atoms with Crippen LogP contribution in [0.2, 0.25) is 0 Å². The number of rotatable bonds is 6. The van der Waals surface area contributed by atoms with Crippen LogP contribution in [0.1, 0.15) is 15.9 Å². The quantitative estimate of drug-likeness (QED) is 0.601. The third kappa shape index (κ3) is 3.81. The molecule has 7 heteroatoms. The molecule has 0 N–H and O–H groups in total. The van der Waals surface area contributed by atoms with E-state index in [9.17, 15) is 14.9 Å². The van der Waals surface area contributed by atoms with E-state index in [1.54, 1.807) is 39.5 Å². The largest absolute Gasteiger partial charge is 0.497 e. The van der Waals surface area contributed by atoms with Crippen LogP contribution in [0.3, 0.4) is 0 Å². The van der Waals surface area contributed by atoms with Gasteiger partial charge in [-0.15, -0.1) is 0 Å². The molecule has 0 aliphatic heterocycles. The average molecular weight is 330 g/mol. The minimum absolute atomic E-state index is 0.115. The van der Waals surface area contributed by atoms with E-state index >= 15 is 0 Å². The summed E-state index contributed by atoms with van der Waals surface area (Å²) in [7, 11) is 4.73. The summed E-state index contributed by atoms with van der Waals surface area (Å²) in [5, 5.41) is 10.8. The molecular weight excluding hydrogens is 312 g/mol. The van der Waals surface area contributed by atoms with Gasteiger partial charge in [0.1, 0.15) is 11.5 Å². The summed E-state index contributed by atoms with van der Waals surface area (Å²) in [6.07, 6.45) is 0. The molecule has 2 rings (SSSR count). The third-order valence-electron chi connectivity index (χ3n) is 3.55. The zero-order valence-electron chi connectivity index (χ0n) is 13.7. The highest BCUT2D eigenvalue weighted by Gasteiger charge is 2.17. The van der Waals surface area contributed by atoms with Crippen molar-refractivity contribution in [2.24, 2.45) is 0 Å². The lowest BCUT2D eigenvalue weighted by Gasteiger charge is -2.19. The summed E-state index contributed by atoms with van der Waals surface area (Å²) in [6, 6.07) is 11.0. The Labute approximate surface area is 139 Å². The van der Waals surface area contributed by atoms with Gasteiger partial charge in [0.25, 0.3) is 11.6 Å². The number of hydrogen-bond donors (Lipinski definition) is 0. The highest BCUT2D eigenvalue weighted by molar-refractivity contribution is 5.94. The maximum absolute atomic E-state index is 12.5. The topological polar surface area (TPSA) is 81.9 Å². The van der Waals surface area contributed by atoms with Crippen molar-refractivity contribution in [2.75, 3.05) is 21.3 Å². The van der Waals surface area contributed by atoms with E-state index in [4.69, 9.17) is 9.47 Å². The number of amides is 1. The first-order valence-electron chi connectivity index (χ1n) is 7.17. The molecule has 7 nitrogen and oxygen atoms in total. The van der Waals surface area contributed by atoms with Crippen LogP contribution >= 0.6 is 0 Å². The molecule has 0 atom stereocenters. The predicted octanol–water partition coefficient (Wildman–Crippen LogP) is 2.88. The molecule has 0 aliphatic rings. The van der Waals surface area contributed by atoms with Crippen LogP contribution in [-0.4, -0.2) is 37.0 Å². The van der Waals surface area contributed by atoms with Crippen molar-refractivity contribution in [1.29, 1.82) is 0 Å². The van der Waals surface area contributed by atoms with Crippen molar-refractivity contribution in [2.45, 2.75) is 6.54 Å². The number of non-ortho nitro benzene ring substituents is 1.